The summed E-state index contributed by atoms with van der Waals surface area (Å²) in [5, 5.41) is 0. The fourth-order valence-corrected chi connectivity index (χ4v) is 3.16. The molecule has 0 unspecified atom stereocenters. The standard InChI is InChI=1S/C19H17N3O2/c23-18(14-6-2-1-3-7-14)16-12-15(13-17-20-8-11-22(16)17)19(24)21-9-4-5-10-21/h1-3,6-8,11-13H,4-5,9-10H2. The molecule has 3 heterocycles. The van der Waals surface area contributed by atoms with Gasteiger partial charge in [-0.25, -0.2) is 4.98 Å². The SMILES string of the molecule is O=C(c1ccccc1)c1cc(C(=O)N2CCCC2)cc2nccn12. The van der Waals surface area contributed by atoms with Gasteiger partial charge in [-0.3, -0.25) is 14.0 Å². The number of fused-ring (bicyclic) bond motifs is 1. The van der Waals surface area contributed by atoms with Crippen LogP contribution in [0.25, 0.3) is 5.65 Å². The number of hydrogen-bond acceptors (Lipinski definition) is 3. The van der Waals surface area contributed by atoms with Gasteiger partial charge in [-0.15, -0.1) is 0 Å². The summed E-state index contributed by atoms with van der Waals surface area (Å²) in [6, 6.07) is 12.5. The Balaban J connectivity index is 1.81. The first-order valence-corrected chi connectivity index (χ1v) is 8.10. The van der Waals surface area contributed by atoms with E-state index in [4.69, 9.17) is 0 Å². The van der Waals surface area contributed by atoms with E-state index in [-0.39, 0.29) is 11.7 Å². The summed E-state index contributed by atoms with van der Waals surface area (Å²) in [7, 11) is 0. The molecule has 0 N–H and O–H groups in total. The minimum Gasteiger partial charge on any atom is -0.339 e. The number of nitrogens with zero attached hydrogens (tertiary/aromatic N) is 3. The predicted octanol–water partition coefficient (Wildman–Crippen LogP) is 2.80. The molecule has 1 fully saturated rings. The van der Waals surface area contributed by atoms with Gasteiger partial charge in [0.1, 0.15) is 5.65 Å². The van der Waals surface area contributed by atoms with Crippen molar-refractivity contribution in [3.05, 3.63) is 71.7 Å². The maximum Gasteiger partial charge on any atom is 0.254 e. The molecule has 0 atom stereocenters. The average Bonchev–Trinajstić information content (AvgIpc) is 3.31. The number of amides is 1. The highest BCUT2D eigenvalue weighted by Crippen LogP contribution is 2.18. The summed E-state index contributed by atoms with van der Waals surface area (Å²) < 4.78 is 1.73. The van der Waals surface area contributed by atoms with Gasteiger partial charge in [0.25, 0.3) is 5.91 Å². The van der Waals surface area contributed by atoms with Crippen LogP contribution in [0.3, 0.4) is 0 Å². The number of ketones is 1. The molecular formula is C19H17N3O2. The number of carbonyl (C=O) groups is 2. The second-order valence-corrected chi connectivity index (χ2v) is 5.98. The summed E-state index contributed by atoms with van der Waals surface area (Å²) in [5.74, 6) is -0.144. The molecule has 1 aliphatic rings. The maximum atomic E-state index is 12.9. The van der Waals surface area contributed by atoms with Crippen LogP contribution in [0.4, 0.5) is 0 Å². The first-order valence-electron chi connectivity index (χ1n) is 8.10. The number of aromatic nitrogens is 2. The predicted molar refractivity (Wildman–Crippen MR) is 90.2 cm³/mol. The van der Waals surface area contributed by atoms with Crippen molar-refractivity contribution in [2.45, 2.75) is 12.8 Å². The number of imidazole rings is 1. The van der Waals surface area contributed by atoms with E-state index in [9.17, 15) is 9.59 Å². The van der Waals surface area contributed by atoms with Crippen LogP contribution in [0.5, 0.6) is 0 Å². The molecule has 2 aromatic heterocycles. The highest BCUT2D eigenvalue weighted by atomic mass is 16.2. The Morgan fingerprint density at radius 3 is 2.46 bits per heavy atom. The number of rotatable bonds is 3. The van der Waals surface area contributed by atoms with Gasteiger partial charge in [0.15, 0.2) is 0 Å². The van der Waals surface area contributed by atoms with Crippen LogP contribution in [0.2, 0.25) is 0 Å². The Kier molecular flexibility index (Phi) is 3.61. The van der Waals surface area contributed by atoms with E-state index in [0.717, 1.165) is 25.9 Å². The number of carbonyl (C=O) groups excluding carboxylic acids is 2. The molecule has 0 radical (unpaired) electrons. The highest BCUT2D eigenvalue weighted by molar-refractivity contribution is 6.09. The Hall–Kier alpha value is -2.95. The lowest BCUT2D eigenvalue weighted by Crippen LogP contribution is -2.28. The van der Waals surface area contributed by atoms with Gasteiger partial charge < -0.3 is 4.90 Å². The van der Waals surface area contributed by atoms with Crippen LogP contribution in [-0.2, 0) is 0 Å². The van der Waals surface area contributed by atoms with Gasteiger partial charge in [0, 0.05) is 36.6 Å². The summed E-state index contributed by atoms with van der Waals surface area (Å²) >= 11 is 0. The fourth-order valence-electron chi connectivity index (χ4n) is 3.16. The van der Waals surface area contributed by atoms with Crippen molar-refractivity contribution in [2.75, 3.05) is 13.1 Å². The van der Waals surface area contributed by atoms with Gasteiger partial charge in [-0.05, 0) is 25.0 Å². The van der Waals surface area contributed by atoms with E-state index in [0.29, 0.717) is 22.5 Å². The van der Waals surface area contributed by atoms with Crippen LogP contribution in [0.1, 0.15) is 39.3 Å². The van der Waals surface area contributed by atoms with E-state index in [1.54, 1.807) is 41.1 Å². The molecule has 4 rings (SSSR count). The number of hydrogen-bond donors (Lipinski definition) is 0. The molecule has 24 heavy (non-hydrogen) atoms. The lowest BCUT2D eigenvalue weighted by atomic mass is 10.1. The van der Waals surface area contributed by atoms with E-state index < -0.39 is 0 Å². The van der Waals surface area contributed by atoms with Crippen LogP contribution in [0.15, 0.2) is 54.9 Å². The van der Waals surface area contributed by atoms with Crippen molar-refractivity contribution >= 4 is 17.3 Å². The summed E-state index contributed by atoms with van der Waals surface area (Å²) in [4.78, 5) is 31.7. The minimum atomic E-state index is -0.116. The molecule has 0 spiro atoms. The van der Waals surface area contributed by atoms with Crippen molar-refractivity contribution in [1.82, 2.24) is 14.3 Å². The number of benzene rings is 1. The lowest BCUT2D eigenvalue weighted by molar-refractivity contribution is 0.0793. The van der Waals surface area contributed by atoms with Crippen LogP contribution in [0, 0.1) is 0 Å². The van der Waals surface area contributed by atoms with Gasteiger partial charge >= 0.3 is 0 Å². The molecule has 1 saturated heterocycles. The fraction of sp³-hybridized carbons (Fsp3) is 0.211. The monoisotopic (exact) mass is 319 g/mol. The maximum absolute atomic E-state index is 12.9. The Morgan fingerprint density at radius 1 is 0.958 bits per heavy atom. The van der Waals surface area contributed by atoms with Gasteiger partial charge in [-0.1, -0.05) is 30.3 Å². The first kappa shape index (κ1) is 14.6. The van der Waals surface area contributed by atoms with E-state index in [1.165, 1.54) is 0 Å². The minimum absolute atomic E-state index is 0.0277. The first-order chi connectivity index (χ1) is 11.7. The van der Waals surface area contributed by atoms with E-state index in [2.05, 4.69) is 4.98 Å². The number of likely N-dealkylation sites (tertiary alicyclic amines) is 1. The molecule has 1 aromatic carbocycles. The van der Waals surface area contributed by atoms with Gasteiger partial charge in [-0.2, -0.15) is 0 Å². The van der Waals surface area contributed by atoms with Crippen molar-refractivity contribution in [2.24, 2.45) is 0 Å². The topological polar surface area (TPSA) is 54.7 Å². The second kappa shape index (κ2) is 5.92. The largest absolute Gasteiger partial charge is 0.339 e. The summed E-state index contributed by atoms with van der Waals surface area (Å²) in [5.41, 5.74) is 2.19. The molecule has 1 amide bonds. The van der Waals surface area contributed by atoms with E-state index in [1.807, 2.05) is 23.1 Å². The summed E-state index contributed by atoms with van der Waals surface area (Å²) in [6.07, 6.45) is 5.46. The van der Waals surface area contributed by atoms with Crippen molar-refractivity contribution in [3.63, 3.8) is 0 Å². The normalized spacial score (nSPS) is 14.2. The average molecular weight is 319 g/mol. The molecule has 0 aliphatic carbocycles. The van der Waals surface area contributed by atoms with Crippen molar-refractivity contribution in [3.8, 4) is 0 Å². The molecule has 0 bridgehead atoms. The number of pyridine rings is 1. The second-order valence-electron chi connectivity index (χ2n) is 5.98. The van der Waals surface area contributed by atoms with Crippen molar-refractivity contribution in [1.29, 1.82) is 0 Å². The van der Waals surface area contributed by atoms with Crippen LogP contribution < -0.4 is 0 Å². The third kappa shape index (κ3) is 2.48. The molecule has 3 aromatic rings. The smallest absolute Gasteiger partial charge is 0.254 e. The molecule has 0 saturated carbocycles. The summed E-state index contributed by atoms with van der Waals surface area (Å²) in [6.45, 7) is 1.56. The molecule has 5 heteroatoms. The third-order valence-electron chi connectivity index (χ3n) is 4.41. The molecular weight excluding hydrogens is 302 g/mol. The Labute approximate surface area is 139 Å². The zero-order valence-corrected chi connectivity index (χ0v) is 13.2. The van der Waals surface area contributed by atoms with Crippen LogP contribution >= 0.6 is 0 Å². The Bertz CT molecular complexity index is 909. The molecule has 1 aliphatic heterocycles. The molecule has 5 nitrogen and oxygen atoms in total. The quantitative estimate of drug-likeness (QED) is 0.698. The zero-order valence-electron chi connectivity index (χ0n) is 13.2. The third-order valence-corrected chi connectivity index (χ3v) is 4.41. The van der Waals surface area contributed by atoms with Crippen LogP contribution in [-0.4, -0.2) is 39.1 Å². The van der Waals surface area contributed by atoms with Gasteiger partial charge in [0.05, 0.1) is 5.69 Å². The van der Waals surface area contributed by atoms with Gasteiger partial charge in [0.2, 0.25) is 5.78 Å². The molecule has 120 valence electrons. The Morgan fingerprint density at radius 2 is 1.71 bits per heavy atom. The lowest BCUT2D eigenvalue weighted by Gasteiger charge is -2.16. The van der Waals surface area contributed by atoms with E-state index >= 15 is 0 Å². The highest BCUT2D eigenvalue weighted by Gasteiger charge is 2.22. The van der Waals surface area contributed by atoms with Crippen molar-refractivity contribution < 1.29 is 9.59 Å². The zero-order chi connectivity index (χ0) is 16.5.